The summed E-state index contributed by atoms with van der Waals surface area (Å²) in [5, 5.41) is 12.9. The number of aliphatic hydroxyl groups excluding tert-OH is 1. The fourth-order valence-corrected chi connectivity index (χ4v) is 6.44. The van der Waals surface area contributed by atoms with Crippen LogP contribution in [-0.2, 0) is 9.54 Å². The maximum atomic E-state index is 13.4. The van der Waals surface area contributed by atoms with E-state index in [-0.39, 0.29) is 22.6 Å². The van der Waals surface area contributed by atoms with Gasteiger partial charge in [0.05, 0.1) is 6.10 Å². The van der Waals surface area contributed by atoms with E-state index in [1.165, 1.54) is 22.6 Å². The molecule has 7 heteroatoms. The lowest BCUT2D eigenvalue weighted by Gasteiger charge is -2.41. The molecule has 1 atom stereocenters. The zero-order valence-electron chi connectivity index (χ0n) is 19.6. The Bertz CT molecular complexity index is 1160. The lowest BCUT2D eigenvalue weighted by atomic mass is 9.99. The quantitative estimate of drug-likeness (QED) is 0.343. The number of rotatable bonds is 9. The van der Waals surface area contributed by atoms with Gasteiger partial charge in [-0.2, -0.15) is 0 Å². The Labute approximate surface area is 214 Å². The number of nitrogens with one attached hydrogen (secondary N) is 1. The number of likely N-dealkylation sites (tertiary alicyclic amines) is 1. The zero-order chi connectivity index (χ0) is 24.4. The van der Waals surface area contributed by atoms with E-state index in [0.717, 1.165) is 34.7 Å². The van der Waals surface area contributed by atoms with E-state index in [4.69, 9.17) is 0 Å². The predicted molar refractivity (Wildman–Crippen MR) is 141 cm³/mol. The van der Waals surface area contributed by atoms with Gasteiger partial charge < -0.3 is 10.4 Å². The molecule has 4 nitrogen and oxygen atoms in total. The third kappa shape index (κ3) is 5.59. The van der Waals surface area contributed by atoms with E-state index in [1.54, 1.807) is 23.5 Å². The van der Waals surface area contributed by atoms with Gasteiger partial charge in [0.25, 0.3) is 0 Å². The maximum Gasteiger partial charge on any atom is 0.246 e. The molecule has 0 spiro atoms. The minimum atomic E-state index is -0.442. The van der Waals surface area contributed by atoms with Gasteiger partial charge in [-0.15, -0.1) is 23.5 Å². The molecule has 3 aromatic carbocycles. The maximum absolute atomic E-state index is 13.4. The first-order valence-corrected chi connectivity index (χ1v) is 13.8. The Morgan fingerprint density at radius 2 is 1.66 bits per heavy atom. The van der Waals surface area contributed by atoms with Gasteiger partial charge in [-0.3, -0.25) is 9.69 Å². The fraction of sp³-hybridized carbons (Fsp3) is 0.321. The average molecular weight is 509 g/mol. The molecule has 0 aromatic heterocycles. The highest BCUT2D eigenvalue weighted by molar-refractivity contribution is 8.00. The van der Waals surface area contributed by atoms with Crippen molar-refractivity contribution >= 4 is 35.1 Å². The summed E-state index contributed by atoms with van der Waals surface area (Å²) in [5.74, 6) is 0.685. The van der Waals surface area contributed by atoms with Gasteiger partial charge in [0, 0.05) is 33.3 Å². The molecule has 5 rings (SSSR count). The summed E-state index contributed by atoms with van der Waals surface area (Å²) in [6.07, 6.45) is 1.77. The first kappa shape index (κ1) is 24.4. The molecule has 1 unspecified atom stereocenters. The van der Waals surface area contributed by atoms with Crippen LogP contribution in [0.3, 0.4) is 0 Å². The van der Waals surface area contributed by atoms with Crippen molar-refractivity contribution in [1.29, 1.82) is 0 Å². The second-order valence-corrected chi connectivity index (χ2v) is 11.9. The van der Waals surface area contributed by atoms with Gasteiger partial charge in [-0.1, -0.05) is 31.2 Å². The largest absolute Gasteiger partial charge is 0.390 e. The predicted octanol–water partition coefficient (Wildman–Crippen LogP) is 6.08. The van der Waals surface area contributed by atoms with Crippen molar-refractivity contribution in [1.82, 2.24) is 4.90 Å². The van der Waals surface area contributed by atoms with Crippen LogP contribution < -0.4 is 5.32 Å². The lowest BCUT2D eigenvalue weighted by Crippen LogP contribution is -2.54. The molecule has 0 radical (unpaired) electrons. The summed E-state index contributed by atoms with van der Waals surface area (Å²) in [7, 11) is 0. The highest BCUT2D eigenvalue weighted by atomic mass is 32.2. The second-order valence-electron chi connectivity index (χ2n) is 9.13. The van der Waals surface area contributed by atoms with Gasteiger partial charge in [0.2, 0.25) is 5.91 Å². The average Bonchev–Trinajstić information content (AvgIpc) is 3.62. The minimum Gasteiger partial charge on any atom is -0.390 e. The topological polar surface area (TPSA) is 52.6 Å². The van der Waals surface area contributed by atoms with E-state index in [1.807, 2.05) is 41.3 Å². The van der Waals surface area contributed by atoms with Gasteiger partial charge in [-0.05, 0) is 78.3 Å². The molecule has 1 aliphatic carbocycles. The Balaban J connectivity index is 1.28. The number of anilines is 1. The van der Waals surface area contributed by atoms with Crippen molar-refractivity contribution in [2.75, 3.05) is 24.2 Å². The van der Waals surface area contributed by atoms with Crippen molar-refractivity contribution in [2.45, 2.75) is 46.4 Å². The molecule has 3 aromatic rings. The van der Waals surface area contributed by atoms with Crippen LogP contribution in [-0.4, -0.2) is 40.9 Å². The minimum absolute atomic E-state index is 0.0227. The smallest absolute Gasteiger partial charge is 0.246 e. The first-order valence-electron chi connectivity index (χ1n) is 12.0. The van der Waals surface area contributed by atoms with Crippen molar-refractivity contribution < 1.29 is 14.3 Å². The third-order valence-corrected chi connectivity index (χ3v) is 8.96. The highest BCUT2D eigenvalue weighted by Crippen LogP contribution is 2.59. The molecule has 1 amide bonds. The number of thioether (sulfide) groups is 2. The first-order chi connectivity index (χ1) is 17.0. The van der Waals surface area contributed by atoms with Gasteiger partial charge in [0.1, 0.15) is 11.9 Å². The Morgan fingerprint density at radius 3 is 2.23 bits per heavy atom. The molecule has 0 bridgehead atoms. The number of aliphatic hydroxyl groups is 1. The summed E-state index contributed by atoms with van der Waals surface area (Å²) in [4.78, 5) is 17.6. The van der Waals surface area contributed by atoms with Crippen LogP contribution in [0.5, 0.6) is 0 Å². The van der Waals surface area contributed by atoms with E-state index < -0.39 is 6.04 Å². The standard InChI is InChI=1S/C28H29FN2O2S2/c1-2-34-24-11-3-19(4-12-24)26(31-17-23(32)18-31)27(33)30-22-9-5-20(6-10-22)28(15-16-28)35-25-13-7-21(29)8-14-25/h3-14,23,26,32H,2,15-18H2,1H3,(H,30,33). The fourth-order valence-electron chi connectivity index (χ4n) is 4.50. The summed E-state index contributed by atoms with van der Waals surface area (Å²) in [5.41, 5.74) is 2.90. The molecule has 1 saturated heterocycles. The van der Waals surface area contributed by atoms with E-state index in [2.05, 4.69) is 36.5 Å². The van der Waals surface area contributed by atoms with Gasteiger partial charge >= 0.3 is 0 Å². The SMILES string of the molecule is CCSc1ccc(C(C(=O)Nc2ccc(C3(Sc4ccc(F)cc4)CC3)cc2)N2CC(O)C2)cc1. The number of hydrogen-bond donors (Lipinski definition) is 2. The molecule has 1 saturated carbocycles. The molecule has 2 N–H and O–H groups in total. The normalized spacial score (nSPS) is 18.0. The van der Waals surface area contributed by atoms with Crippen LogP contribution in [0, 0.1) is 5.82 Å². The van der Waals surface area contributed by atoms with Crippen molar-refractivity contribution in [3.63, 3.8) is 0 Å². The molecule has 2 aliphatic rings. The van der Waals surface area contributed by atoms with Crippen molar-refractivity contribution in [3.05, 3.63) is 89.7 Å². The number of hydrogen-bond acceptors (Lipinski definition) is 5. The van der Waals surface area contributed by atoms with Gasteiger partial charge in [0.15, 0.2) is 0 Å². The number of carbonyl (C=O) groups is 1. The second kappa shape index (κ2) is 10.3. The molecule has 35 heavy (non-hydrogen) atoms. The number of nitrogens with zero attached hydrogens (tertiary/aromatic N) is 1. The Kier molecular flexibility index (Phi) is 7.21. The van der Waals surface area contributed by atoms with Gasteiger partial charge in [-0.25, -0.2) is 4.39 Å². The molecule has 1 heterocycles. The van der Waals surface area contributed by atoms with Crippen molar-refractivity contribution in [2.24, 2.45) is 0 Å². The molecule has 182 valence electrons. The molecule has 2 fully saturated rings. The Morgan fingerprint density at radius 1 is 1.03 bits per heavy atom. The van der Waals surface area contributed by atoms with Crippen LogP contribution >= 0.6 is 23.5 Å². The number of halogens is 1. The number of benzene rings is 3. The van der Waals surface area contributed by atoms with Crippen LogP contribution in [0.2, 0.25) is 0 Å². The summed E-state index contributed by atoms with van der Waals surface area (Å²) < 4.78 is 13.3. The number of amides is 1. The third-order valence-electron chi connectivity index (χ3n) is 6.52. The summed E-state index contributed by atoms with van der Waals surface area (Å²) in [6.45, 7) is 3.10. The van der Waals surface area contributed by atoms with E-state index in [0.29, 0.717) is 13.1 Å². The Hall–Kier alpha value is -2.32. The molecular formula is C28H29FN2O2S2. The monoisotopic (exact) mass is 508 g/mol. The lowest BCUT2D eigenvalue weighted by molar-refractivity contribution is -0.126. The summed E-state index contributed by atoms with van der Waals surface area (Å²) in [6, 6.07) is 22.4. The van der Waals surface area contributed by atoms with E-state index >= 15 is 0 Å². The molecule has 1 aliphatic heterocycles. The molecular weight excluding hydrogens is 479 g/mol. The van der Waals surface area contributed by atoms with Crippen LogP contribution in [0.4, 0.5) is 10.1 Å². The highest BCUT2D eigenvalue weighted by Gasteiger charge is 2.45. The summed E-state index contributed by atoms with van der Waals surface area (Å²) >= 11 is 3.55. The number of β-amino-alcohol motifs (C(OH)–C–C–N with tert-alkyl or cyclic N) is 1. The van der Waals surface area contributed by atoms with Crippen LogP contribution in [0.15, 0.2) is 82.6 Å². The van der Waals surface area contributed by atoms with Crippen LogP contribution in [0.25, 0.3) is 0 Å². The zero-order valence-corrected chi connectivity index (χ0v) is 21.2. The number of carbonyl (C=O) groups excluding carboxylic acids is 1. The van der Waals surface area contributed by atoms with Crippen molar-refractivity contribution in [3.8, 4) is 0 Å². The van der Waals surface area contributed by atoms with Crippen LogP contribution in [0.1, 0.15) is 36.9 Å². The van der Waals surface area contributed by atoms with E-state index in [9.17, 15) is 14.3 Å².